The highest BCUT2D eigenvalue weighted by atomic mass is 79.9. The molecular weight excluding hydrogens is 514 g/mol. The number of amides is 2. The first kappa shape index (κ1) is 25.5. The predicted octanol–water partition coefficient (Wildman–Crippen LogP) is 4.57. The largest absolute Gasteiger partial charge is 0.484 e. The molecule has 0 aromatic heterocycles. The lowest BCUT2D eigenvalue weighted by atomic mass is 10.1. The summed E-state index contributed by atoms with van der Waals surface area (Å²) in [7, 11) is 0. The van der Waals surface area contributed by atoms with Gasteiger partial charge >= 0.3 is 0 Å². The van der Waals surface area contributed by atoms with Crippen LogP contribution in [0.2, 0.25) is 0 Å². The summed E-state index contributed by atoms with van der Waals surface area (Å²) in [5.41, 5.74) is 5.66. The molecule has 176 valence electrons. The molecule has 0 aliphatic rings. The van der Waals surface area contributed by atoms with E-state index in [2.05, 4.69) is 31.8 Å². The number of thioether (sulfide) groups is 1. The van der Waals surface area contributed by atoms with Crippen LogP contribution in [0.4, 0.5) is 0 Å². The minimum Gasteiger partial charge on any atom is -0.484 e. The number of hydrogen-bond acceptors (Lipinski definition) is 5. The van der Waals surface area contributed by atoms with Crippen molar-refractivity contribution >= 4 is 45.7 Å². The molecule has 0 saturated heterocycles. The SMILES string of the molecule is O=C(COc1ccc(/C=N\NC(=O)CSCc2ccccc2Br)cc1)NCCc1ccccc1. The third-order valence-electron chi connectivity index (χ3n) is 4.68. The lowest BCUT2D eigenvalue weighted by Crippen LogP contribution is -2.30. The highest BCUT2D eigenvalue weighted by Crippen LogP contribution is 2.21. The molecule has 34 heavy (non-hydrogen) atoms. The Morgan fingerprint density at radius 1 is 0.941 bits per heavy atom. The van der Waals surface area contributed by atoms with Gasteiger partial charge in [0.25, 0.3) is 5.91 Å². The number of hydrogen-bond donors (Lipinski definition) is 2. The highest BCUT2D eigenvalue weighted by molar-refractivity contribution is 9.10. The van der Waals surface area contributed by atoms with E-state index in [0.29, 0.717) is 18.0 Å². The molecule has 0 aliphatic heterocycles. The molecule has 3 aromatic carbocycles. The molecule has 2 amide bonds. The standard InChI is InChI=1S/C26H26BrN3O3S/c27-24-9-5-4-8-22(24)18-34-19-26(32)30-29-16-21-10-12-23(13-11-21)33-17-25(31)28-15-14-20-6-2-1-3-7-20/h1-13,16H,14-15,17-19H2,(H,28,31)(H,30,32)/b29-16-. The van der Waals surface area contributed by atoms with E-state index in [1.165, 1.54) is 17.3 Å². The third-order valence-corrected chi connectivity index (χ3v) is 6.44. The van der Waals surface area contributed by atoms with Crippen LogP contribution >= 0.6 is 27.7 Å². The Bertz CT molecular complexity index is 1090. The first-order valence-electron chi connectivity index (χ1n) is 10.8. The van der Waals surface area contributed by atoms with Crippen molar-refractivity contribution in [3.05, 3.63) is 100 Å². The number of nitrogens with zero attached hydrogens (tertiary/aromatic N) is 1. The molecule has 0 atom stereocenters. The lowest BCUT2D eigenvalue weighted by molar-refractivity contribution is -0.123. The number of carbonyl (C=O) groups is 2. The Hall–Kier alpha value is -3.10. The van der Waals surface area contributed by atoms with E-state index in [-0.39, 0.29) is 18.4 Å². The minimum absolute atomic E-state index is 0.0461. The maximum Gasteiger partial charge on any atom is 0.257 e. The van der Waals surface area contributed by atoms with Gasteiger partial charge in [0, 0.05) is 16.8 Å². The fourth-order valence-corrected chi connectivity index (χ4v) is 4.36. The van der Waals surface area contributed by atoms with Crippen LogP contribution in [0.5, 0.6) is 5.75 Å². The number of nitrogens with one attached hydrogen (secondary N) is 2. The normalized spacial score (nSPS) is 10.7. The molecule has 0 bridgehead atoms. The fourth-order valence-electron chi connectivity index (χ4n) is 2.92. The number of benzene rings is 3. The summed E-state index contributed by atoms with van der Waals surface area (Å²) >= 11 is 5.03. The van der Waals surface area contributed by atoms with Gasteiger partial charge in [0.1, 0.15) is 5.75 Å². The van der Waals surface area contributed by atoms with Crippen LogP contribution in [0.1, 0.15) is 16.7 Å². The van der Waals surface area contributed by atoms with E-state index in [4.69, 9.17) is 4.74 Å². The maximum atomic E-state index is 12.0. The second-order valence-electron chi connectivity index (χ2n) is 7.32. The monoisotopic (exact) mass is 539 g/mol. The van der Waals surface area contributed by atoms with Gasteiger partial charge in [-0.2, -0.15) is 5.10 Å². The van der Waals surface area contributed by atoms with Crippen LogP contribution in [0.25, 0.3) is 0 Å². The van der Waals surface area contributed by atoms with Crippen molar-refractivity contribution in [3.8, 4) is 5.75 Å². The molecule has 0 spiro atoms. The van der Waals surface area contributed by atoms with Crippen LogP contribution in [0.3, 0.4) is 0 Å². The Morgan fingerprint density at radius 2 is 1.68 bits per heavy atom. The van der Waals surface area contributed by atoms with E-state index >= 15 is 0 Å². The van der Waals surface area contributed by atoms with Crippen molar-refractivity contribution in [3.63, 3.8) is 0 Å². The summed E-state index contributed by atoms with van der Waals surface area (Å²) in [5.74, 6) is 1.32. The highest BCUT2D eigenvalue weighted by Gasteiger charge is 2.04. The number of halogens is 1. The molecule has 0 unspecified atom stereocenters. The van der Waals surface area contributed by atoms with Crippen molar-refractivity contribution in [2.24, 2.45) is 5.10 Å². The molecule has 0 radical (unpaired) electrons. The molecule has 0 saturated carbocycles. The van der Waals surface area contributed by atoms with E-state index in [9.17, 15) is 9.59 Å². The van der Waals surface area contributed by atoms with Crippen LogP contribution in [-0.2, 0) is 21.8 Å². The van der Waals surface area contributed by atoms with Crippen molar-refractivity contribution in [2.75, 3.05) is 18.9 Å². The molecule has 0 aliphatic carbocycles. The molecule has 3 rings (SSSR count). The number of carbonyl (C=O) groups excluding carboxylic acids is 2. The minimum atomic E-state index is -0.165. The van der Waals surface area contributed by atoms with Crippen molar-refractivity contribution in [2.45, 2.75) is 12.2 Å². The van der Waals surface area contributed by atoms with E-state index < -0.39 is 0 Å². The van der Waals surface area contributed by atoms with Gasteiger partial charge < -0.3 is 10.1 Å². The van der Waals surface area contributed by atoms with Gasteiger partial charge in [-0.25, -0.2) is 5.43 Å². The van der Waals surface area contributed by atoms with Crippen LogP contribution in [0.15, 0.2) is 88.4 Å². The van der Waals surface area contributed by atoms with Gasteiger partial charge in [-0.3, -0.25) is 9.59 Å². The molecule has 0 fully saturated rings. The summed E-state index contributed by atoms with van der Waals surface area (Å²) in [6.45, 7) is 0.519. The zero-order chi connectivity index (χ0) is 24.0. The van der Waals surface area contributed by atoms with Crippen molar-refractivity contribution in [1.29, 1.82) is 0 Å². The second-order valence-corrected chi connectivity index (χ2v) is 9.16. The smallest absolute Gasteiger partial charge is 0.257 e. The number of rotatable bonds is 12. The molecular formula is C26H26BrN3O3S. The van der Waals surface area contributed by atoms with Gasteiger partial charge in [-0.15, -0.1) is 11.8 Å². The summed E-state index contributed by atoms with van der Waals surface area (Å²) < 4.78 is 6.56. The van der Waals surface area contributed by atoms with E-state index in [0.717, 1.165) is 27.8 Å². The van der Waals surface area contributed by atoms with E-state index in [1.807, 2.05) is 54.6 Å². The Kier molecular flexibility index (Phi) is 10.7. The first-order valence-corrected chi connectivity index (χ1v) is 12.7. The average molecular weight is 540 g/mol. The number of ether oxygens (including phenoxy) is 1. The van der Waals surface area contributed by atoms with Crippen molar-refractivity contribution in [1.82, 2.24) is 10.7 Å². The van der Waals surface area contributed by atoms with Gasteiger partial charge in [-0.05, 0) is 53.4 Å². The summed E-state index contributed by atoms with van der Waals surface area (Å²) in [4.78, 5) is 23.9. The number of hydrazone groups is 1. The fraction of sp³-hybridized carbons (Fsp3) is 0.192. The van der Waals surface area contributed by atoms with Crippen LogP contribution < -0.4 is 15.5 Å². The summed E-state index contributed by atoms with van der Waals surface area (Å²) in [6.07, 6.45) is 2.34. The lowest BCUT2D eigenvalue weighted by Gasteiger charge is -2.08. The van der Waals surface area contributed by atoms with Crippen LogP contribution in [0, 0.1) is 0 Å². The topological polar surface area (TPSA) is 79.8 Å². The summed E-state index contributed by atoms with van der Waals surface area (Å²) in [6, 6.07) is 25.1. The van der Waals surface area contributed by atoms with Gasteiger partial charge in [0.05, 0.1) is 12.0 Å². The Morgan fingerprint density at radius 3 is 2.44 bits per heavy atom. The predicted molar refractivity (Wildman–Crippen MR) is 141 cm³/mol. The zero-order valence-corrected chi connectivity index (χ0v) is 21.0. The maximum absolute atomic E-state index is 12.0. The van der Waals surface area contributed by atoms with Crippen molar-refractivity contribution < 1.29 is 14.3 Å². The second kappa shape index (κ2) is 14.2. The zero-order valence-electron chi connectivity index (χ0n) is 18.6. The third kappa shape index (κ3) is 9.41. The quantitative estimate of drug-likeness (QED) is 0.261. The summed E-state index contributed by atoms with van der Waals surface area (Å²) in [5, 5.41) is 6.84. The molecule has 0 heterocycles. The molecule has 2 N–H and O–H groups in total. The average Bonchev–Trinajstić information content (AvgIpc) is 2.85. The van der Waals surface area contributed by atoms with Gasteiger partial charge in [-0.1, -0.05) is 64.5 Å². The van der Waals surface area contributed by atoms with E-state index in [1.54, 1.807) is 30.5 Å². The Balaban J connectivity index is 1.31. The Labute approximate surface area is 212 Å². The van der Waals surface area contributed by atoms with Gasteiger partial charge in [0.2, 0.25) is 5.91 Å². The molecule has 8 heteroatoms. The molecule has 3 aromatic rings. The van der Waals surface area contributed by atoms with Crippen LogP contribution in [-0.4, -0.2) is 36.9 Å². The van der Waals surface area contributed by atoms with Gasteiger partial charge in [0.15, 0.2) is 6.61 Å². The first-order chi connectivity index (χ1) is 16.6. The molecule has 6 nitrogen and oxygen atoms in total.